The topological polar surface area (TPSA) is 44.3 Å². The highest BCUT2D eigenvalue weighted by atomic mass is 15.3. The Morgan fingerprint density at radius 2 is 1.63 bits per heavy atom. The van der Waals surface area contributed by atoms with Crippen LogP contribution in [0.15, 0.2) is 0 Å². The molecule has 5 nitrogen and oxygen atoms in total. The lowest BCUT2D eigenvalue weighted by Crippen LogP contribution is -2.31. The summed E-state index contributed by atoms with van der Waals surface area (Å²) in [6.07, 6.45) is 15.3. The van der Waals surface area contributed by atoms with Gasteiger partial charge in [-0.1, -0.05) is 46.0 Å². The molecule has 2 aliphatic heterocycles. The summed E-state index contributed by atoms with van der Waals surface area (Å²) in [6, 6.07) is 0.486. The highest BCUT2D eigenvalue weighted by molar-refractivity contribution is 5.53. The van der Waals surface area contributed by atoms with Gasteiger partial charge in [0.2, 0.25) is 5.95 Å². The first-order valence-electron chi connectivity index (χ1n) is 12.9. The number of likely N-dealkylation sites (tertiary alicyclic amines) is 1. The summed E-state index contributed by atoms with van der Waals surface area (Å²) < 4.78 is 0. The van der Waals surface area contributed by atoms with Gasteiger partial charge in [-0.05, 0) is 50.9 Å². The molecule has 1 unspecified atom stereocenters. The molecule has 1 aliphatic carbocycles. The van der Waals surface area contributed by atoms with Crippen molar-refractivity contribution in [3.63, 3.8) is 0 Å². The van der Waals surface area contributed by atoms with Crippen LogP contribution in [0, 0.1) is 5.92 Å². The van der Waals surface area contributed by atoms with E-state index in [1.165, 1.54) is 94.4 Å². The molecule has 0 amide bonds. The second kappa shape index (κ2) is 10.8. The molecule has 1 aromatic heterocycles. The van der Waals surface area contributed by atoms with Crippen LogP contribution in [0.3, 0.4) is 0 Å². The summed E-state index contributed by atoms with van der Waals surface area (Å²) >= 11 is 0. The first kappa shape index (κ1) is 21.9. The van der Waals surface area contributed by atoms with Gasteiger partial charge in [-0.15, -0.1) is 0 Å². The van der Waals surface area contributed by atoms with Crippen molar-refractivity contribution in [2.45, 2.75) is 96.9 Å². The molecule has 0 bridgehead atoms. The van der Waals surface area contributed by atoms with Crippen molar-refractivity contribution in [3.8, 4) is 0 Å². The van der Waals surface area contributed by atoms with Gasteiger partial charge in [0.05, 0.1) is 5.69 Å². The van der Waals surface area contributed by atoms with E-state index in [4.69, 9.17) is 9.97 Å². The number of aryl methyl sites for hydroxylation is 1. The van der Waals surface area contributed by atoms with Gasteiger partial charge in [0, 0.05) is 44.3 Å². The molecule has 1 atom stereocenters. The Kier molecular flexibility index (Phi) is 7.86. The lowest BCUT2D eigenvalue weighted by atomic mass is 10.0. The van der Waals surface area contributed by atoms with E-state index in [0.717, 1.165) is 44.3 Å². The van der Waals surface area contributed by atoms with Gasteiger partial charge in [0.25, 0.3) is 0 Å². The van der Waals surface area contributed by atoms with E-state index in [1.807, 2.05) is 0 Å². The molecule has 0 spiro atoms. The third kappa shape index (κ3) is 5.46. The molecule has 0 saturated carbocycles. The summed E-state index contributed by atoms with van der Waals surface area (Å²) in [6.45, 7) is 10.6. The van der Waals surface area contributed by atoms with Gasteiger partial charge in [-0.3, -0.25) is 0 Å². The van der Waals surface area contributed by atoms with E-state index in [0.29, 0.717) is 6.04 Å². The van der Waals surface area contributed by atoms with Gasteiger partial charge >= 0.3 is 0 Å². The number of anilines is 2. The van der Waals surface area contributed by atoms with E-state index in [2.05, 4.69) is 29.0 Å². The third-order valence-electron chi connectivity index (χ3n) is 7.59. The van der Waals surface area contributed by atoms with Crippen molar-refractivity contribution >= 4 is 11.8 Å². The molecular formula is C25H43N5. The van der Waals surface area contributed by atoms with E-state index in [1.54, 1.807) is 0 Å². The number of hydrogen-bond acceptors (Lipinski definition) is 5. The molecule has 0 aromatic carbocycles. The Hall–Kier alpha value is -1.36. The minimum Gasteiger partial charge on any atom is -0.356 e. The smallest absolute Gasteiger partial charge is 0.225 e. The van der Waals surface area contributed by atoms with E-state index in [-0.39, 0.29) is 0 Å². The molecule has 3 heterocycles. The molecule has 5 heteroatoms. The number of fused-ring (bicyclic) bond motifs is 1. The second-order valence-electron chi connectivity index (χ2n) is 9.83. The van der Waals surface area contributed by atoms with Crippen LogP contribution >= 0.6 is 0 Å². The summed E-state index contributed by atoms with van der Waals surface area (Å²) in [5, 5.41) is 3.76. The number of aromatic nitrogens is 2. The third-order valence-corrected chi connectivity index (χ3v) is 7.59. The average molecular weight is 414 g/mol. The molecule has 1 aromatic rings. The maximum atomic E-state index is 5.16. The first-order valence-corrected chi connectivity index (χ1v) is 12.9. The normalized spacial score (nSPS) is 23.3. The predicted molar refractivity (Wildman–Crippen MR) is 127 cm³/mol. The van der Waals surface area contributed by atoms with Crippen LogP contribution < -0.4 is 10.2 Å². The van der Waals surface area contributed by atoms with Gasteiger partial charge in [0.1, 0.15) is 5.82 Å². The van der Waals surface area contributed by atoms with Crippen molar-refractivity contribution in [1.82, 2.24) is 14.9 Å². The molecule has 30 heavy (non-hydrogen) atoms. The molecule has 2 saturated heterocycles. The van der Waals surface area contributed by atoms with Crippen molar-refractivity contribution in [2.75, 3.05) is 42.9 Å². The SMILES string of the molecule is CCC(CC)CN1CCC(Nc2nc3c(c(N4CCCCCC4)n2)CCCCC3)C1. The van der Waals surface area contributed by atoms with Crippen LogP contribution in [0.25, 0.3) is 0 Å². The Bertz CT molecular complexity index is 664. The predicted octanol–water partition coefficient (Wildman–Crippen LogP) is 5.05. The average Bonchev–Trinajstić information content (AvgIpc) is 2.95. The zero-order chi connectivity index (χ0) is 20.8. The molecular weight excluding hydrogens is 370 g/mol. The number of nitrogens with one attached hydrogen (secondary N) is 1. The maximum absolute atomic E-state index is 5.16. The lowest BCUT2D eigenvalue weighted by Gasteiger charge is -2.26. The van der Waals surface area contributed by atoms with Crippen LogP contribution in [0.1, 0.15) is 89.3 Å². The minimum atomic E-state index is 0.486. The summed E-state index contributed by atoms with van der Waals surface area (Å²) in [7, 11) is 0. The molecule has 0 radical (unpaired) electrons. The molecule has 4 rings (SSSR count). The maximum Gasteiger partial charge on any atom is 0.225 e. The monoisotopic (exact) mass is 413 g/mol. The van der Waals surface area contributed by atoms with Crippen molar-refractivity contribution in [2.24, 2.45) is 5.92 Å². The van der Waals surface area contributed by atoms with Crippen LogP contribution in [-0.2, 0) is 12.8 Å². The largest absolute Gasteiger partial charge is 0.356 e. The highest BCUT2D eigenvalue weighted by Crippen LogP contribution is 2.30. The van der Waals surface area contributed by atoms with Crippen LogP contribution in [-0.4, -0.2) is 53.6 Å². The van der Waals surface area contributed by atoms with Gasteiger partial charge in [0.15, 0.2) is 0 Å². The van der Waals surface area contributed by atoms with Gasteiger partial charge in [-0.2, -0.15) is 4.98 Å². The van der Waals surface area contributed by atoms with Crippen LogP contribution in [0.5, 0.6) is 0 Å². The van der Waals surface area contributed by atoms with Crippen LogP contribution in [0.4, 0.5) is 11.8 Å². The Labute approximate surface area is 184 Å². The lowest BCUT2D eigenvalue weighted by molar-refractivity contribution is 0.266. The molecule has 168 valence electrons. The van der Waals surface area contributed by atoms with Gasteiger partial charge < -0.3 is 15.1 Å². The fourth-order valence-corrected chi connectivity index (χ4v) is 5.57. The van der Waals surface area contributed by atoms with Crippen LogP contribution in [0.2, 0.25) is 0 Å². The summed E-state index contributed by atoms with van der Waals surface area (Å²) in [5.41, 5.74) is 2.79. The highest BCUT2D eigenvalue weighted by Gasteiger charge is 2.26. The number of hydrogen-bond donors (Lipinski definition) is 1. The Morgan fingerprint density at radius 3 is 2.40 bits per heavy atom. The standard InChI is InChI=1S/C25H43N5/c1-3-20(4-2)18-29-17-14-21(19-29)26-25-27-23-13-9-7-8-12-22(23)24(28-25)30-15-10-5-6-11-16-30/h20-21H,3-19H2,1-2H3,(H,26,27,28). The fraction of sp³-hybridized carbons (Fsp3) is 0.840. The second-order valence-corrected chi connectivity index (χ2v) is 9.83. The molecule has 2 fully saturated rings. The van der Waals surface area contributed by atoms with E-state index in [9.17, 15) is 0 Å². The van der Waals surface area contributed by atoms with Crippen molar-refractivity contribution in [3.05, 3.63) is 11.3 Å². The van der Waals surface area contributed by atoms with E-state index < -0.39 is 0 Å². The number of nitrogens with zero attached hydrogens (tertiary/aromatic N) is 4. The fourth-order valence-electron chi connectivity index (χ4n) is 5.57. The molecule has 3 aliphatic rings. The zero-order valence-corrected chi connectivity index (χ0v) is 19.5. The first-order chi connectivity index (χ1) is 14.8. The van der Waals surface area contributed by atoms with E-state index >= 15 is 0 Å². The minimum absolute atomic E-state index is 0.486. The molecule has 1 N–H and O–H groups in total. The Morgan fingerprint density at radius 1 is 0.900 bits per heavy atom. The van der Waals surface area contributed by atoms with Crippen molar-refractivity contribution < 1.29 is 0 Å². The summed E-state index contributed by atoms with van der Waals surface area (Å²) in [5.74, 6) is 2.99. The zero-order valence-electron chi connectivity index (χ0n) is 19.5. The number of rotatable bonds is 7. The van der Waals surface area contributed by atoms with Crippen molar-refractivity contribution in [1.29, 1.82) is 0 Å². The Balaban J connectivity index is 1.49. The summed E-state index contributed by atoms with van der Waals surface area (Å²) in [4.78, 5) is 15.5. The quantitative estimate of drug-likeness (QED) is 0.634. The van der Waals surface area contributed by atoms with Gasteiger partial charge in [-0.25, -0.2) is 4.98 Å².